The van der Waals surface area contributed by atoms with Gasteiger partial charge in [0.05, 0.1) is 12.3 Å². The highest BCUT2D eigenvalue weighted by atomic mass is 19.1. The number of hydrogen-bond acceptors (Lipinski definition) is 4. The van der Waals surface area contributed by atoms with Crippen molar-refractivity contribution in [3.63, 3.8) is 0 Å². The molecular formula is C20H18FNO3. The van der Waals surface area contributed by atoms with Gasteiger partial charge in [-0.3, -0.25) is 4.98 Å². The van der Waals surface area contributed by atoms with Crippen molar-refractivity contribution in [2.45, 2.75) is 13.0 Å². The summed E-state index contributed by atoms with van der Waals surface area (Å²) in [5.74, 6) is 0.809. The molecule has 0 amide bonds. The van der Waals surface area contributed by atoms with Crippen LogP contribution in [-0.4, -0.2) is 21.8 Å². The minimum absolute atomic E-state index is 0.319. The normalized spacial score (nSPS) is 12.0. The molecule has 2 aromatic carbocycles. The number of aliphatic hydroxyl groups is 2. The largest absolute Gasteiger partial charge is 0.457 e. The molecule has 0 saturated carbocycles. The summed E-state index contributed by atoms with van der Waals surface area (Å²) < 4.78 is 18.7. The molecule has 2 N–H and O–H groups in total. The number of halogens is 1. The zero-order valence-corrected chi connectivity index (χ0v) is 13.7. The van der Waals surface area contributed by atoms with E-state index in [1.54, 1.807) is 30.3 Å². The Morgan fingerprint density at radius 1 is 1.04 bits per heavy atom. The first-order valence-corrected chi connectivity index (χ1v) is 7.86. The standard InChI is InChI=1S/C20H18FNO3/c1-13-9-15(20(24)12-23)11-19(22-13)14-3-2-4-18(10-14)25-17-7-5-16(21)6-8-17/h2-11,20,23-24H,12H2,1H3. The maximum atomic E-state index is 13.0. The Labute approximate surface area is 145 Å². The molecule has 4 nitrogen and oxygen atoms in total. The molecule has 128 valence electrons. The van der Waals surface area contributed by atoms with Crippen molar-refractivity contribution in [1.82, 2.24) is 4.98 Å². The monoisotopic (exact) mass is 339 g/mol. The van der Waals surface area contributed by atoms with Crippen molar-refractivity contribution in [2.75, 3.05) is 6.61 Å². The van der Waals surface area contributed by atoms with Gasteiger partial charge in [-0.2, -0.15) is 0 Å². The van der Waals surface area contributed by atoms with E-state index in [2.05, 4.69) is 4.98 Å². The number of pyridine rings is 1. The summed E-state index contributed by atoms with van der Waals surface area (Å²) in [6, 6.07) is 16.6. The second kappa shape index (κ2) is 7.42. The van der Waals surface area contributed by atoms with Crippen LogP contribution in [0.3, 0.4) is 0 Å². The summed E-state index contributed by atoms with van der Waals surface area (Å²) in [5, 5.41) is 19.0. The maximum Gasteiger partial charge on any atom is 0.128 e. The van der Waals surface area contributed by atoms with Crippen molar-refractivity contribution >= 4 is 0 Å². The van der Waals surface area contributed by atoms with Crippen LogP contribution in [0.25, 0.3) is 11.3 Å². The van der Waals surface area contributed by atoms with Crippen molar-refractivity contribution < 1.29 is 19.3 Å². The summed E-state index contributed by atoms with van der Waals surface area (Å²) in [7, 11) is 0. The third kappa shape index (κ3) is 4.21. The molecule has 1 unspecified atom stereocenters. The molecule has 5 heteroatoms. The van der Waals surface area contributed by atoms with Crippen molar-refractivity contribution in [3.8, 4) is 22.8 Å². The second-order valence-corrected chi connectivity index (χ2v) is 5.71. The van der Waals surface area contributed by atoms with E-state index in [1.165, 1.54) is 12.1 Å². The first kappa shape index (κ1) is 17.1. The molecule has 0 saturated heterocycles. The van der Waals surface area contributed by atoms with Crippen molar-refractivity contribution in [2.24, 2.45) is 0 Å². The zero-order chi connectivity index (χ0) is 17.8. The average molecular weight is 339 g/mol. The lowest BCUT2D eigenvalue weighted by Crippen LogP contribution is -2.04. The van der Waals surface area contributed by atoms with E-state index in [0.29, 0.717) is 22.8 Å². The lowest BCUT2D eigenvalue weighted by Gasteiger charge is -2.12. The number of aromatic nitrogens is 1. The van der Waals surface area contributed by atoms with Gasteiger partial charge in [0.25, 0.3) is 0 Å². The van der Waals surface area contributed by atoms with Gasteiger partial charge in [-0.15, -0.1) is 0 Å². The van der Waals surface area contributed by atoms with Gasteiger partial charge in [-0.1, -0.05) is 12.1 Å². The van der Waals surface area contributed by atoms with Crippen molar-refractivity contribution in [3.05, 3.63) is 77.7 Å². The van der Waals surface area contributed by atoms with E-state index in [0.717, 1.165) is 11.3 Å². The molecule has 0 spiro atoms. The van der Waals surface area contributed by atoms with E-state index in [1.807, 2.05) is 25.1 Å². The van der Waals surface area contributed by atoms with E-state index < -0.39 is 6.10 Å². The number of hydrogen-bond donors (Lipinski definition) is 2. The van der Waals surface area contributed by atoms with Gasteiger partial charge >= 0.3 is 0 Å². The van der Waals surface area contributed by atoms with Crippen molar-refractivity contribution in [1.29, 1.82) is 0 Å². The maximum absolute atomic E-state index is 13.0. The van der Waals surface area contributed by atoms with Gasteiger partial charge in [-0.05, 0) is 61.0 Å². The van der Waals surface area contributed by atoms with Crippen LogP contribution < -0.4 is 4.74 Å². The predicted octanol–water partition coefficient (Wildman–Crippen LogP) is 4.01. The smallest absolute Gasteiger partial charge is 0.128 e. The minimum atomic E-state index is -0.945. The molecule has 0 bridgehead atoms. The van der Waals surface area contributed by atoms with Crippen LogP contribution in [0.1, 0.15) is 17.4 Å². The van der Waals surface area contributed by atoms with Gasteiger partial charge in [0.1, 0.15) is 23.4 Å². The Kier molecular flexibility index (Phi) is 5.07. The number of ether oxygens (including phenoxy) is 1. The molecule has 1 aromatic heterocycles. The first-order valence-electron chi connectivity index (χ1n) is 7.86. The molecule has 0 aliphatic rings. The highest BCUT2D eigenvalue weighted by Crippen LogP contribution is 2.28. The molecular weight excluding hydrogens is 321 g/mol. The Morgan fingerprint density at radius 3 is 2.52 bits per heavy atom. The summed E-state index contributed by atoms with van der Waals surface area (Å²) in [5.41, 5.74) is 2.83. The lowest BCUT2D eigenvalue weighted by atomic mass is 10.0. The molecule has 0 fully saturated rings. The Bertz CT molecular complexity index is 865. The Morgan fingerprint density at radius 2 is 1.80 bits per heavy atom. The van der Waals surface area contributed by atoms with Crippen LogP contribution in [0.5, 0.6) is 11.5 Å². The lowest BCUT2D eigenvalue weighted by molar-refractivity contribution is 0.0955. The highest BCUT2D eigenvalue weighted by molar-refractivity contribution is 5.62. The molecule has 0 aliphatic carbocycles. The molecule has 0 radical (unpaired) electrons. The SMILES string of the molecule is Cc1cc(C(O)CO)cc(-c2cccc(Oc3ccc(F)cc3)c2)n1. The van der Waals surface area contributed by atoms with Crippen LogP contribution in [-0.2, 0) is 0 Å². The molecule has 3 aromatic rings. The fourth-order valence-corrected chi connectivity index (χ4v) is 2.50. The topological polar surface area (TPSA) is 62.6 Å². The third-order valence-corrected chi connectivity index (χ3v) is 3.71. The minimum Gasteiger partial charge on any atom is -0.457 e. The number of aryl methyl sites for hydroxylation is 1. The van der Waals surface area contributed by atoms with E-state index in [-0.39, 0.29) is 12.4 Å². The number of rotatable bonds is 5. The third-order valence-electron chi connectivity index (χ3n) is 3.71. The van der Waals surface area contributed by atoms with Gasteiger partial charge in [0, 0.05) is 11.3 Å². The van der Waals surface area contributed by atoms with Gasteiger partial charge < -0.3 is 14.9 Å². The van der Waals surface area contributed by atoms with Crippen LogP contribution in [0.4, 0.5) is 4.39 Å². The van der Waals surface area contributed by atoms with Gasteiger partial charge in [0.2, 0.25) is 0 Å². The number of benzene rings is 2. The van der Waals surface area contributed by atoms with Gasteiger partial charge in [-0.25, -0.2) is 4.39 Å². The molecule has 1 atom stereocenters. The van der Waals surface area contributed by atoms with E-state index in [4.69, 9.17) is 9.84 Å². The van der Waals surface area contributed by atoms with Gasteiger partial charge in [0.15, 0.2) is 0 Å². The molecule has 1 heterocycles. The Hall–Kier alpha value is -2.76. The summed E-state index contributed by atoms with van der Waals surface area (Å²) in [6.07, 6.45) is -0.945. The summed E-state index contributed by atoms with van der Waals surface area (Å²) in [6.45, 7) is 1.48. The molecule has 0 aliphatic heterocycles. The molecule has 3 rings (SSSR count). The van der Waals surface area contributed by atoms with E-state index >= 15 is 0 Å². The first-order chi connectivity index (χ1) is 12.0. The predicted molar refractivity (Wildman–Crippen MR) is 92.9 cm³/mol. The number of nitrogens with zero attached hydrogens (tertiary/aromatic N) is 1. The Balaban J connectivity index is 1.91. The highest BCUT2D eigenvalue weighted by Gasteiger charge is 2.10. The quantitative estimate of drug-likeness (QED) is 0.737. The fourth-order valence-electron chi connectivity index (χ4n) is 2.50. The van der Waals surface area contributed by atoms with Crippen LogP contribution in [0, 0.1) is 12.7 Å². The number of aliphatic hydroxyl groups excluding tert-OH is 2. The van der Waals surface area contributed by atoms with E-state index in [9.17, 15) is 9.50 Å². The zero-order valence-electron chi connectivity index (χ0n) is 13.7. The fraction of sp³-hybridized carbons (Fsp3) is 0.150. The summed E-state index contributed by atoms with van der Waals surface area (Å²) in [4.78, 5) is 4.48. The molecule has 25 heavy (non-hydrogen) atoms. The average Bonchev–Trinajstić information content (AvgIpc) is 2.62. The second-order valence-electron chi connectivity index (χ2n) is 5.71. The van der Waals surface area contributed by atoms with Crippen LogP contribution in [0.2, 0.25) is 0 Å². The van der Waals surface area contributed by atoms with Crippen LogP contribution >= 0.6 is 0 Å². The van der Waals surface area contributed by atoms with Crippen LogP contribution in [0.15, 0.2) is 60.7 Å². The summed E-state index contributed by atoms with van der Waals surface area (Å²) >= 11 is 0.